The molecule has 1 aliphatic heterocycles. The molecule has 4 aromatic rings. The Morgan fingerprint density at radius 1 is 1.05 bits per heavy atom. The number of hydrogen-bond acceptors (Lipinski definition) is 5. The van der Waals surface area contributed by atoms with E-state index in [1.54, 1.807) is 18.3 Å². The number of methoxy groups -OCH3 is 1. The fraction of sp³-hybridized carbons (Fsp3) is 0.226. The monoisotopic (exact) mass is 569 g/mol. The number of carboxylic acid groups (broad SMARTS) is 1. The minimum absolute atomic E-state index is 0.0240. The van der Waals surface area contributed by atoms with Crippen molar-refractivity contribution in [2.24, 2.45) is 0 Å². The van der Waals surface area contributed by atoms with Gasteiger partial charge in [-0.1, -0.05) is 6.07 Å². The van der Waals surface area contributed by atoms with Gasteiger partial charge in [0.05, 0.1) is 23.3 Å². The van der Waals surface area contributed by atoms with Gasteiger partial charge in [0.1, 0.15) is 6.61 Å². The molecule has 0 aliphatic carbocycles. The number of amides is 1. The highest BCUT2D eigenvalue weighted by Crippen LogP contribution is 2.44. The highest BCUT2D eigenvalue weighted by Gasteiger charge is 2.42. The van der Waals surface area contributed by atoms with E-state index in [1.165, 1.54) is 7.11 Å². The van der Waals surface area contributed by atoms with E-state index in [-0.39, 0.29) is 30.2 Å². The van der Waals surface area contributed by atoms with E-state index in [9.17, 15) is 14.7 Å². The van der Waals surface area contributed by atoms with E-state index < -0.39 is 5.97 Å². The van der Waals surface area contributed by atoms with Gasteiger partial charge in [0.15, 0.2) is 5.11 Å². The van der Waals surface area contributed by atoms with Crippen molar-refractivity contribution >= 4 is 40.6 Å². The van der Waals surface area contributed by atoms with Crippen LogP contribution in [0.4, 0.5) is 11.4 Å². The molecular formula is C31H31N5O4S. The molecule has 2 aromatic carbocycles. The highest BCUT2D eigenvalue weighted by atomic mass is 32.1. The number of aryl methyl sites for hydroxylation is 2. The molecule has 41 heavy (non-hydrogen) atoms. The first-order valence-electron chi connectivity index (χ1n) is 13.1. The third kappa shape index (κ3) is 5.44. The Morgan fingerprint density at radius 2 is 1.78 bits per heavy atom. The second-order valence-electron chi connectivity index (χ2n) is 9.99. The molecule has 1 aliphatic rings. The summed E-state index contributed by atoms with van der Waals surface area (Å²) in [5, 5.41) is 16.3. The van der Waals surface area contributed by atoms with Crippen molar-refractivity contribution in [3.8, 4) is 5.69 Å². The molecule has 1 fully saturated rings. The van der Waals surface area contributed by atoms with Gasteiger partial charge in [-0.15, -0.1) is 0 Å². The van der Waals surface area contributed by atoms with Crippen LogP contribution in [-0.2, 0) is 9.53 Å². The Kier molecular flexibility index (Phi) is 7.87. The molecule has 5 rings (SSSR count). The number of hydrogen-bond donors (Lipinski definition) is 3. The Hall–Kier alpha value is -4.54. The standard InChI is InChI=1S/C31H31N5O4S/c1-18-15-23(12-13-25(18)33-27(37)17-40-4)36-29(28(34-31(36)41)26-7-5-6-14-32-26)24-16-19(2)35(20(24)3)22-10-8-21(9-11-22)30(38)39/h5-16,28-29H,17H2,1-4H3,(H,33,37)(H,34,41)(H,38,39)/t28-,29+/m0/s1. The number of aromatic carboxylic acids is 1. The van der Waals surface area contributed by atoms with Crippen LogP contribution < -0.4 is 15.5 Å². The molecule has 0 unspecified atom stereocenters. The summed E-state index contributed by atoms with van der Waals surface area (Å²) in [7, 11) is 1.48. The first-order chi connectivity index (χ1) is 19.7. The second kappa shape index (κ2) is 11.5. The number of carboxylic acids is 1. The Bertz CT molecular complexity index is 1620. The number of pyridine rings is 1. The number of carbonyl (C=O) groups excluding carboxylic acids is 1. The zero-order valence-electron chi connectivity index (χ0n) is 23.2. The van der Waals surface area contributed by atoms with Crippen LogP contribution in [0.2, 0.25) is 0 Å². The zero-order valence-corrected chi connectivity index (χ0v) is 24.0. The lowest BCUT2D eigenvalue weighted by Gasteiger charge is -2.29. The molecule has 3 N–H and O–H groups in total. The van der Waals surface area contributed by atoms with Gasteiger partial charge >= 0.3 is 5.97 Å². The molecule has 0 spiro atoms. The minimum atomic E-state index is -0.961. The normalized spacial score (nSPS) is 16.5. The van der Waals surface area contributed by atoms with Crippen molar-refractivity contribution in [1.29, 1.82) is 0 Å². The predicted octanol–water partition coefficient (Wildman–Crippen LogP) is 5.26. The smallest absolute Gasteiger partial charge is 0.335 e. The molecule has 210 valence electrons. The summed E-state index contributed by atoms with van der Waals surface area (Å²) in [5.74, 6) is -1.18. The van der Waals surface area contributed by atoms with Crippen molar-refractivity contribution in [2.75, 3.05) is 23.9 Å². The molecule has 3 heterocycles. The van der Waals surface area contributed by atoms with Gasteiger partial charge in [-0.3, -0.25) is 9.78 Å². The number of anilines is 2. The maximum Gasteiger partial charge on any atom is 0.335 e. The highest BCUT2D eigenvalue weighted by molar-refractivity contribution is 7.80. The summed E-state index contributed by atoms with van der Waals surface area (Å²) in [5.41, 5.74) is 7.51. The number of benzene rings is 2. The number of nitrogens with zero attached hydrogens (tertiary/aromatic N) is 3. The number of thiocarbonyl (C=S) groups is 1. The van der Waals surface area contributed by atoms with Crippen LogP contribution in [0, 0.1) is 20.8 Å². The molecule has 0 radical (unpaired) electrons. The number of nitrogens with one attached hydrogen (secondary N) is 2. The summed E-state index contributed by atoms with van der Waals surface area (Å²) in [6.07, 6.45) is 1.77. The van der Waals surface area contributed by atoms with Crippen LogP contribution in [0.1, 0.15) is 50.7 Å². The van der Waals surface area contributed by atoms with Crippen molar-refractivity contribution in [2.45, 2.75) is 32.9 Å². The summed E-state index contributed by atoms with van der Waals surface area (Å²) in [6, 6.07) is 20.2. The average molecular weight is 570 g/mol. The largest absolute Gasteiger partial charge is 0.478 e. The van der Waals surface area contributed by atoms with E-state index in [0.717, 1.165) is 39.6 Å². The van der Waals surface area contributed by atoms with Crippen LogP contribution in [0.3, 0.4) is 0 Å². The van der Waals surface area contributed by atoms with Crippen LogP contribution >= 0.6 is 12.2 Å². The lowest BCUT2D eigenvalue weighted by atomic mass is 9.96. The predicted molar refractivity (Wildman–Crippen MR) is 162 cm³/mol. The first kappa shape index (κ1) is 28.0. The topological polar surface area (TPSA) is 109 Å². The van der Waals surface area contributed by atoms with Crippen molar-refractivity contribution in [1.82, 2.24) is 14.9 Å². The minimum Gasteiger partial charge on any atom is -0.478 e. The molecule has 9 nitrogen and oxygen atoms in total. The summed E-state index contributed by atoms with van der Waals surface area (Å²) < 4.78 is 7.06. The van der Waals surface area contributed by atoms with Gasteiger partial charge < -0.3 is 29.9 Å². The lowest BCUT2D eigenvalue weighted by molar-refractivity contribution is -0.119. The maximum atomic E-state index is 12.1. The third-order valence-electron chi connectivity index (χ3n) is 7.30. The van der Waals surface area contributed by atoms with Crippen LogP contribution in [-0.4, -0.2) is 45.4 Å². The Balaban J connectivity index is 1.59. The average Bonchev–Trinajstić information content (AvgIpc) is 3.45. The molecule has 2 atom stereocenters. The maximum absolute atomic E-state index is 12.1. The number of aromatic nitrogens is 2. The lowest BCUT2D eigenvalue weighted by Crippen LogP contribution is -2.29. The van der Waals surface area contributed by atoms with Crippen molar-refractivity contribution < 1.29 is 19.4 Å². The molecule has 1 amide bonds. The summed E-state index contributed by atoms with van der Waals surface area (Å²) in [6.45, 7) is 6.01. The first-order valence-corrected chi connectivity index (χ1v) is 13.5. The van der Waals surface area contributed by atoms with Gasteiger partial charge in [-0.25, -0.2) is 4.79 Å². The van der Waals surface area contributed by atoms with Crippen LogP contribution in [0.15, 0.2) is 72.9 Å². The van der Waals surface area contributed by atoms with Crippen molar-refractivity contribution in [3.05, 3.63) is 107 Å². The molecule has 1 saturated heterocycles. The number of ether oxygens (including phenoxy) is 1. The van der Waals surface area contributed by atoms with Crippen LogP contribution in [0.25, 0.3) is 5.69 Å². The Morgan fingerprint density at radius 3 is 2.41 bits per heavy atom. The van der Waals surface area contributed by atoms with Gasteiger partial charge in [-0.2, -0.15) is 0 Å². The summed E-state index contributed by atoms with van der Waals surface area (Å²) in [4.78, 5) is 30.3. The molecule has 0 bridgehead atoms. The van der Waals surface area contributed by atoms with Gasteiger partial charge in [0.2, 0.25) is 5.91 Å². The van der Waals surface area contributed by atoms with Gasteiger partial charge in [-0.05, 0) is 105 Å². The van der Waals surface area contributed by atoms with E-state index in [1.807, 2.05) is 62.4 Å². The number of carbonyl (C=O) groups is 2. The SMILES string of the molecule is COCC(=O)Nc1ccc(N2C(=S)N[C@@H](c3ccccn3)[C@H]2c2cc(C)n(-c3ccc(C(=O)O)cc3)c2C)cc1C. The molecule has 10 heteroatoms. The third-order valence-corrected chi connectivity index (χ3v) is 7.61. The second-order valence-corrected chi connectivity index (χ2v) is 10.4. The quantitative estimate of drug-likeness (QED) is 0.247. The van der Waals surface area contributed by atoms with Crippen LogP contribution in [0.5, 0.6) is 0 Å². The fourth-order valence-electron chi connectivity index (χ4n) is 5.44. The fourth-order valence-corrected chi connectivity index (χ4v) is 5.79. The van der Waals surface area contributed by atoms with E-state index in [4.69, 9.17) is 17.0 Å². The van der Waals surface area contributed by atoms with Crippen molar-refractivity contribution in [3.63, 3.8) is 0 Å². The molecule has 2 aromatic heterocycles. The van der Waals surface area contributed by atoms with E-state index >= 15 is 0 Å². The molecular weight excluding hydrogens is 538 g/mol. The Labute approximate surface area is 243 Å². The van der Waals surface area contributed by atoms with Gasteiger partial charge in [0.25, 0.3) is 0 Å². The van der Waals surface area contributed by atoms with E-state index in [2.05, 4.69) is 38.1 Å². The number of rotatable bonds is 8. The molecule has 0 saturated carbocycles. The van der Waals surface area contributed by atoms with Gasteiger partial charge in [0, 0.05) is 41.8 Å². The summed E-state index contributed by atoms with van der Waals surface area (Å²) >= 11 is 5.91. The van der Waals surface area contributed by atoms with E-state index in [0.29, 0.717) is 10.8 Å². The zero-order chi connectivity index (χ0) is 29.3.